The first kappa shape index (κ1) is 18.9. The number of carbonyl (C=O) groups excluding carboxylic acids is 2. The van der Waals surface area contributed by atoms with Crippen molar-refractivity contribution in [2.75, 3.05) is 18.4 Å². The predicted molar refractivity (Wildman–Crippen MR) is 110 cm³/mol. The van der Waals surface area contributed by atoms with Gasteiger partial charge in [0.1, 0.15) is 6.33 Å². The van der Waals surface area contributed by atoms with Crippen molar-refractivity contribution in [2.24, 2.45) is 13.0 Å². The maximum Gasteiger partial charge on any atom is 0.253 e. The smallest absolute Gasteiger partial charge is 0.253 e. The third-order valence-corrected chi connectivity index (χ3v) is 5.30. The van der Waals surface area contributed by atoms with Gasteiger partial charge in [-0.1, -0.05) is 18.2 Å². The largest absolute Gasteiger partial charge is 0.339 e. The monoisotopic (exact) mass is 389 g/mol. The molecule has 148 valence electrons. The van der Waals surface area contributed by atoms with Crippen LogP contribution in [-0.4, -0.2) is 44.6 Å². The number of hydrogen-bond donors (Lipinski definition) is 1. The molecule has 2 aromatic carbocycles. The molecular weight excluding hydrogens is 366 g/mol. The van der Waals surface area contributed by atoms with E-state index < -0.39 is 0 Å². The number of rotatable bonds is 4. The maximum absolute atomic E-state index is 12.6. The standard InChI is InChI=1S/C22H23N5O2/c1-26-15-23-25-20(26)16-7-9-19(10-8-16)24-21(28)17-11-13-27(14-12-17)22(29)18-5-3-2-4-6-18/h2-10,15,17H,11-14H2,1H3,(H,24,28). The maximum atomic E-state index is 12.6. The lowest BCUT2D eigenvalue weighted by Crippen LogP contribution is -2.41. The molecule has 1 aliphatic rings. The van der Waals surface area contributed by atoms with Crippen LogP contribution >= 0.6 is 0 Å². The van der Waals surface area contributed by atoms with Crippen molar-refractivity contribution < 1.29 is 9.59 Å². The Labute approximate surface area is 169 Å². The van der Waals surface area contributed by atoms with Gasteiger partial charge in [-0.2, -0.15) is 0 Å². The Morgan fingerprint density at radius 2 is 1.69 bits per heavy atom. The highest BCUT2D eigenvalue weighted by Gasteiger charge is 2.27. The zero-order valence-electron chi connectivity index (χ0n) is 16.3. The highest BCUT2D eigenvalue weighted by atomic mass is 16.2. The molecule has 2 amide bonds. The van der Waals surface area contributed by atoms with Crippen LogP contribution in [0.3, 0.4) is 0 Å². The Bertz CT molecular complexity index is 990. The van der Waals surface area contributed by atoms with Crippen LogP contribution in [0.5, 0.6) is 0 Å². The molecule has 0 unspecified atom stereocenters. The Morgan fingerprint density at radius 1 is 1.00 bits per heavy atom. The average molecular weight is 389 g/mol. The fourth-order valence-corrected chi connectivity index (χ4v) is 3.60. The van der Waals surface area contributed by atoms with E-state index in [-0.39, 0.29) is 17.7 Å². The number of amides is 2. The van der Waals surface area contributed by atoms with Crippen LogP contribution < -0.4 is 5.32 Å². The second-order valence-corrected chi connectivity index (χ2v) is 7.26. The molecule has 1 aliphatic heterocycles. The zero-order chi connectivity index (χ0) is 20.2. The van der Waals surface area contributed by atoms with Gasteiger partial charge in [-0.15, -0.1) is 10.2 Å². The van der Waals surface area contributed by atoms with Crippen molar-refractivity contribution in [1.82, 2.24) is 19.7 Å². The first-order valence-electron chi connectivity index (χ1n) is 9.71. The summed E-state index contributed by atoms with van der Waals surface area (Å²) in [7, 11) is 1.89. The number of likely N-dealkylation sites (tertiary alicyclic amines) is 1. The molecule has 7 heteroatoms. The first-order valence-corrected chi connectivity index (χ1v) is 9.71. The molecule has 0 spiro atoms. The number of benzene rings is 2. The van der Waals surface area contributed by atoms with Crippen LogP contribution in [0.25, 0.3) is 11.4 Å². The van der Waals surface area contributed by atoms with Crippen LogP contribution in [-0.2, 0) is 11.8 Å². The second kappa shape index (κ2) is 8.26. The Hall–Kier alpha value is -3.48. The molecular formula is C22H23N5O2. The van der Waals surface area contributed by atoms with E-state index in [0.29, 0.717) is 31.5 Å². The van der Waals surface area contributed by atoms with E-state index in [9.17, 15) is 9.59 Å². The summed E-state index contributed by atoms with van der Waals surface area (Å²) in [6.07, 6.45) is 2.99. The number of hydrogen-bond acceptors (Lipinski definition) is 4. The molecule has 0 saturated carbocycles. The van der Waals surface area contributed by atoms with E-state index in [0.717, 1.165) is 17.1 Å². The van der Waals surface area contributed by atoms with Gasteiger partial charge in [0.25, 0.3) is 5.91 Å². The summed E-state index contributed by atoms with van der Waals surface area (Å²) in [4.78, 5) is 27.0. The molecule has 1 saturated heterocycles. The van der Waals surface area contributed by atoms with Crippen LogP contribution in [0, 0.1) is 5.92 Å². The fourth-order valence-electron chi connectivity index (χ4n) is 3.60. The van der Waals surface area contributed by atoms with Gasteiger partial charge in [0.05, 0.1) is 0 Å². The molecule has 7 nitrogen and oxygen atoms in total. The van der Waals surface area contributed by atoms with Crippen molar-refractivity contribution in [2.45, 2.75) is 12.8 Å². The lowest BCUT2D eigenvalue weighted by atomic mass is 9.95. The normalized spacial score (nSPS) is 14.6. The van der Waals surface area contributed by atoms with Gasteiger partial charge >= 0.3 is 0 Å². The average Bonchev–Trinajstić information content (AvgIpc) is 3.20. The van der Waals surface area contributed by atoms with Crippen LogP contribution in [0.15, 0.2) is 60.9 Å². The van der Waals surface area contributed by atoms with E-state index in [1.54, 1.807) is 6.33 Å². The highest BCUT2D eigenvalue weighted by Crippen LogP contribution is 2.23. The van der Waals surface area contributed by atoms with Crippen LogP contribution in [0.4, 0.5) is 5.69 Å². The van der Waals surface area contributed by atoms with Gasteiger partial charge in [0.15, 0.2) is 5.82 Å². The summed E-state index contributed by atoms with van der Waals surface area (Å²) in [5, 5.41) is 11.0. The van der Waals surface area contributed by atoms with Crippen molar-refractivity contribution in [3.05, 3.63) is 66.5 Å². The number of aromatic nitrogens is 3. The van der Waals surface area contributed by atoms with Crippen LogP contribution in [0.1, 0.15) is 23.2 Å². The summed E-state index contributed by atoms with van der Waals surface area (Å²) < 4.78 is 1.85. The Kier molecular flexibility index (Phi) is 5.37. The summed E-state index contributed by atoms with van der Waals surface area (Å²) in [6.45, 7) is 1.19. The third-order valence-electron chi connectivity index (χ3n) is 5.30. The minimum atomic E-state index is -0.0896. The second-order valence-electron chi connectivity index (χ2n) is 7.26. The van der Waals surface area contributed by atoms with Crippen molar-refractivity contribution in [1.29, 1.82) is 0 Å². The van der Waals surface area contributed by atoms with Gasteiger partial charge in [-0.25, -0.2) is 0 Å². The topological polar surface area (TPSA) is 80.1 Å². The zero-order valence-corrected chi connectivity index (χ0v) is 16.3. The molecule has 1 aromatic heterocycles. The minimum absolute atomic E-state index is 0.00298. The van der Waals surface area contributed by atoms with E-state index >= 15 is 0 Å². The molecule has 1 fully saturated rings. The third kappa shape index (κ3) is 4.18. The molecule has 29 heavy (non-hydrogen) atoms. The molecule has 0 bridgehead atoms. The first-order chi connectivity index (χ1) is 14.1. The highest BCUT2D eigenvalue weighted by molar-refractivity contribution is 5.95. The minimum Gasteiger partial charge on any atom is -0.339 e. The molecule has 0 atom stereocenters. The van der Waals surface area contributed by atoms with Gasteiger partial charge in [0, 0.05) is 42.9 Å². The van der Waals surface area contributed by atoms with Crippen molar-refractivity contribution >= 4 is 17.5 Å². The van der Waals surface area contributed by atoms with E-state index in [2.05, 4.69) is 15.5 Å². The Morgan fingerprint density at radius 3 is 2.31 bits per heavy atom. The molecule has 0 radical (unpaired) electrons. The summed E-state index contributed by atoms with van der Waals surface area (Å²) in [6, 6.07) is 16.9. The van der Waals surface area contributed by atoms with Gasteiger partial charge in [-0.3, -0.25) is 9.59 Å². The lowest BCUT2D eigenvalue weighted by Gasteiger charge is -2.31. The van der Waals surface area contributed by atoms with E-state index in [1.807, 2.05) is 71.1 Å². The number of anilines is 1. The summed E-state index contributed by atoms with van der Waals surface area (Å²) >= 11 is 0. The SMILES string of the molecule is Cn1cnnc1-c1ccc(NC(=O)C2CCN(C(=O)c3ccccc3)CC2)cc1. The van der Waals surface area contributed by atoms with Crippen LogP contribution in [0.2, 0.25) is 0 Å². The number of aryl methyl sites for hydroxylation is 1. The molecule has 0 aliphatic carbocycles. The van der Waals surface area contributed by atoms with Gasteiger partial charge in [-0.05, 0) is 49.2 Å². The molecule has 1 N–H and O–H groups in total. The van der Waals surface area contributed by atoms with E-state index in [4.69, 9.17) is 0 Å². The lowest BCUT2D eigenvalue weighted by molar-refractivity contribution is -0.121. The predicted octanol–water partition coefficient (Wildman–Crippen LogP) is 2.97. The number of nitrogens with zero attached hydrogens (tertiary/aromatic N) is 4. The molecule has 4 rings (SSSR count). The van der Waals surface area contributed by atoms with Crippen molar-refractivity contribution in [3.8, 4) is 11.4 Å². The number of carbonyl (C=O) groups is 2. The number of piperidine rings is 1. The van der Waals surface area contributed by atoms with Gasteiger partial charge in [0.2, 0.25) is 5.91 Å². The van der Waals surface area contributed by atoms with Crippen molar-refractivity contribution in [3.63, 3.8) is 0 Å². The summed E-state index contributed by atoms with van der Waals surface area (Å²) in [5.74, 6) is 0.721. The number of nitrogens with one attached hydrogen (secondary N) is 1. The van der Waals surface area contributed by atoms with Gasteiger partial charge < -0.3 is 14.8 Å². The molecule has 2 heterocycles. The Balaban J connectivity index is 1.32. The summed E-state index contributed by atoms with van der Waals surface area (Å²) in [5.41, 5.74) is 2.39. The fraction of sp³-hybridized carbons (Fsp3) is 0.273. The molecule has 3 aromatic rings. The quantitative estimate of drug-likeness (QED) is 0.744. The van der Waals surface area contributed by atoms with E-state index in [1.165, 1.54) is 0 Å².